The van der Waals surface area contributed by atoms with E-state index in [0.717, 1.165) is 11.1 Å². The van der Waals surface area contributed by atoms with Gasteiger partial charge in [-0.25, -0.2) is 0 Å². The minimum atomic E-state index is 0.0431. The van der Waals surface area contributed by atoms with E-state index in [2.05, 4.69) is 15.9 Å². The van der Waals surface area contributed by atoms with Gasteiger partial charge in [-0.3, -0.25) is 0 Å². The minimum absolute atomic E-state index is 0.0431. The quantitative estimate of drug-likeness (QED) is 0.782. The molecule has 1 rings (SSSR count). The Morgan fingerprint density at radius 2 is 2.18 bits per heavy atom. The van der Waals surface area contributed by atoms with Gasteiger partial charge in [0.25, 0.3) is 0 Å². The summed E-state index contributed by atoms with van der Waals surface area (Å²) in [4.78, 5) is 0. The van der Waals surface area contributed by atoms with Crippen molar-refractivity contribution in [1.29, 1.82) is 0 Å². The Labute approximate surface area is 79.1 Å². The third kappa shape index (κ3) is 1.95. The van der Waals surface area contributed by atoms with Crippen molar-refractivity contribution in [1.82, 2.24) is 0 Å². The lowest BCUT2D eigenvalue weighted by Crippen LogP contribution is -1.91. The second-order valence-electron chi connectivity index (χ2n) is 2.17. The van der Waals surface area contributed by atoms with Gasteiger partial charge < -0.3 is 5.11 Å². The molecule has 11 heavy (non-hydrogen) atoms. The fraction of sp³-hybridized carbons (Fsp3) is 0.250. The lowest BCUT2D eigenvalue weighted by Gasteiger charge is -2.04. The average molecular weight is 236 g/mol. The topological polar surface area (TPSA) is 20.2 Å². The van der Waals surface area contributed by atoms with Crippen LogP contribution in [0.4, 0.5) is 0 Å². The Kier molecular flexibility index (Phi) is 3.37. The predicted octanol–water partition coefficient (Wildman–Crippen LogP) is 2.73. The molecule has 0 heterocycles. The molecule has 1 aromatic rings. The van der Waals surface area contributed by atoms with Gasteiger partial charge in [-0.15, -0.1) is 0 Å². The molecule has 0 saturated carbocycles. The van der Waals surface area contributed by atoms with Gasteiger partial charge in [0.2, 0.25) is 0 Å². The molecule has 1 aromatic carbocycles. The van der Waals surface area contributed by atoms with Crippen LogP contribution in [0.1, 0.15) is 11.1 Å². The van der Waals surface area contributed by atoms with Crippen LogP contribution in [0, 0.1) is 0 Å². The molecule has 1 N–H and O–H groups in total. The number of alkyl halides is 1. The molecule has 0 radical (unpaired) electrons. The molecule has 0 aliphatic rings. The number of benzene rings is 1. The zero-order valence-electron chi connectivity index (χ0n) is 5.85. The van der Waals surface area contributed by atoms with Crippen molar-refractivity contribution < 1.29 is 5.11 Å². The molecule has 0 atom stereocenters. The van der Waals surface area contributed by atoms with E-state index in [9.17, 15) is 0 Å². The Hall–Kier alpha value is -0.0500. The number of hydrogen-bond acceptors (Lipinski definition) is 1. The maximum Gasteiger partial charge on any atom is 0.0685 e. The maximum atomic E-state index is 8.89. The molecule has 0 amide bonds. The fourth-order valence-electron chi connectivity index (χ4n) is 0.901. The van der Waals surface area contributed by atoms with Crippen LogP contribution in [0.2, 0.25) is 5.02 Å². The van der Waals surface area contributed by atoms with Crippen molar-refractivity contribution in [3.8, 4) is 0 Å². The molecule has 0 saturated heterocycles. The van der Waals surface area contributed by atoms with Crippen LogP contribution in [-0.2, 0) is 11.9 Å². The molecule has 0 aliphatic carbocycles. The van der Waals surface area contributed by atoms with E-state index in [1.807, 2.05) is 18.2 Å². The highest BCUT2D eigenvalue weighted by Gasteiger charge is 2.03. The van der Waals surface area contributed by atoms with Crippen molar-refractivity contribution >= 4 is 27.5 Å². The Morgan fingerprint density at radius 1 is 1.45 bits per heavy atom. The molecular weight excluding hydrogens is 227 g/mol. The van der Waals surface area contributed by atoms with Crippen LogP contribution >= 0.6 is 27.5 Å². The average Bonchev–Trinajstić information content (AvgIpc) is 2.04. The second kappa shape index (κ2) is 4.10. The molecule has 0 unspecified atom stereocenters. The summed E-state index contributed by atoms with van der Waals surface area (Å²) in [6.45, 7) is 0.0431. The van der Waals surface area contributed by atoms with Crippen molar-refractivity contribution in [2.75, 3.05) is 0 Å². The molecule has 3 heteroatoms. The summed E-state index contributed by atoms with van der Waals surface area (Å²) >= 11 is 9.17. The number of rotatable bonds is 2. The smallest absolute Gasteiger partial charge is 0.0685 e. The standard InChI is InChI=1S/C8H8BrClO/c9-4-7-6(5-11)2-1-3-8(7)10/h1-3,11H,4-5H2. The van der Waals surface area contributed by atoms with Crippen molar-refractivity contribution in [2.45, 2.75) is 11.9 Å². The van der Waals surface area contributed by atoms with Gasteiger partial charge in [0, 0.05) is 10.4 Å². The van der Waals surface area contributed by atoms with Crippen LogP contribution in [0.5, 0.6) is 0 Å². The summed E-state index contributed by atoms with van der Waals surface area (Å²) in [6, 6.07) is 5.51. The highest BCUT2D eigenvalue weighted by Crippen LogP contribution is 2.22. The van der Waals surface area contributed by atoms with Gasteiger partial charge in [0.05, 0.1) is 6.61 Å². The monoisotopic (exact) mass is 234 g/mol. The van der Waals surface area contributed by atoms with Gasteiger partial charge in [0.15, 0.2) is 0 Å². The third-order valence-corrected chi connectivity index (χ3v) is 2.43. The van der Waals surface area contributed by atoms with E-state index in [0.29, 0.717) is 10.4 Å². The van der Waals surface area contributed by atoms with E-state index in [1.165, 1.54) is 0 Å². The normalized spacial score (nSPS) is 10.1. The van der Waals surface area contributed by atoms with E-state index in [4.69, 9.17) is 16.7 Å². The van der Waals surface area contributed by atoms with Crippen molar-refractivity contribution in [3.05, 3.63) is 34.3 Å². The van der Waals surface area contributed by atoms with Crippen LogP contribution in [0.25, 0.3) is 0 Å². The van der Waals surface area contributed by atoms with E-state index in [1.54, 1.807) is 0 Å². The molecule has 0 spiro atoms. The number of aliphatic hydroxyl groups is 1. The summed E-state index contributed by atoms with van der Waals surface area (Å²) in [7, 11) is 0. The van der Waals surface area contributed by atoms with Gasteiger partial charge in [0.1, 0.15) is 0 Å². The first-order chi connectivity index (χ1) is 5.29. The van der Waals surface area contributed by atoms with E-state index in [-0.39, 0.29) is 6.61 Å². The summed E-state index contributed by atoms with van der Waals surface area (Å²) < 4.78 is 0. The fourth-order valence-corrected chi connectivity index (χ4v) is 1.99. The molecule has 0 bridgehead atoms. The van der Waals surface area contributed by atoms with Crippen LogP contribution in [0.15, 0.2) is 18.2 Å². The molecule has 0 fully saturated rings. The second-order valence-corrected chi connectivity index (χ2v) is 3.14. The predicted molar refractivity (Wildman–Crippen MR) is 50.0 cm³/mol. The largest absolute Gasteiger partial charge is 0.392 e. The Morgan fingerprint density at radius 3 is 2.64 bits per heavy atom. The van der Waals surface area contributed by atoms with Crippen molar-refractivity contribution in [3.63, 3.8) is 0 Å². The first kappa shape index (κ1) is 9.04. The number of aliphatic hydroxyl groups excluding tert-OH is 1. The highest BCUT2D eigenvalue weighted by molar-refractivity contribution is 9.08. The summed E-state index contributed by atoms with van der Waals surface area (Å²) in [5.74, 6) is 0. The van der Waals surface area contributed by atoms with Gasteiger partial charge in [-0.2, -0.15) is 0 Å². The van der Waals surface area contributed by atoms with Crippen LogP contribution < -0.4 is 0 Å². The first-order valence-electron chi connectivity index (χ1n) is 3.22. The minimum Gasteiger partial charge on any atom is -0.392 e. The molecule has 1 nitrogen and oxygen atoms in total. The lowest BCUT2D eigenvalue weighted by molar-refractivity contribution is 0.281. The maximum absolute atomic E-state index is 8.89. The van der Waals surface area contributed by atoms with Crippen LogP contribution in [0.3, 0.4) is 0 Å². The number of halogens is 2. The SMILES string of the molecule is OCc1cccc(Cl)c1CBr. The zero-order valence-corrected chi connectivity index (χ0v) is 8.19. The van der Waals surface area contributed by atoms with Crippen molar-refractivity contribution in [2.24, 2.45) is 0 Å². The highest BCUT2D eigenvalue weighted by atomic mass is 79.9. The molecule has 0 aromatic heterocycles. The lowest BCUT2D eigenvalue weighted by atomic mass is 10.1. The van der Waals surface area contributed by atoms with Gasteiger partial charge in [-0.1, -0.05) is 39.7 Å². The van der Waals surface area contributed by atoms with Gasteiger partial charge >= 0.3 is 0 Å². The summed E-state index contributed by atoms with van der Waals surface area (Å²) in [5, 5.41) is 10.3. The Balaban J connectivity index is 3.13. The zero-order chi connectivity index (χ0) is 8.27. The molecule has 0 aliphatic heterocycles. The molecular formula is C8H8BrClO. The van der Waals surface area contributed by atoms with Gasteiger partial charge in [-0.05, 0) is 17.2 Å². The van der Waals surface area contributed by atoms with E-state index >= 15 is 0 Å². The first-order valence-corrected chi connectivity index (χ1v) is 4.72. The van der Waals surface area contributed by atoms with Crippen LogP contribution in [-0.4, -0.2) is 5.11 Å². The Bertz CT molecular complexity index is 250. The summed E-state index contributed by atoms with van der Waals surface area (Å²) in [6.07, 6.45) is 0. The van der Waals surface area contributed by atoms with E-state index < -0.39 is 0 Å². The number of hydrogen-bond donors (Lipinski definition) is 1. The summed E-state index contributed by atoms with van der Waals surface area (Å²) in [5.41, 5.74) is 1.85. The molecule has 60 valence electrons. The third-order valence-electron chi connectivity index (χ3n) is 1.52.